The Morgan fingerprint density at radius 1 is 1.53 bits per heavy atom. The van der Waals surface area contributed by atoms with Crippen LogP contribution in [0.15, 0.2) is 29.0 Å². The van der Waals surface area contributed by atoms with Crippen LogP contribution < -0.4 is 0 Å². The molecular formula is C12H12BrN3O. The third-order valence-corrected chi connectivity index (χ3v) is 3.60. The van der Waals surface area contributed by atoms with Crippen LogP contribution >= 0.6 is 15.9 Å². The van der Waals surface area contributed by atoms with E-state index in [1.54, 1.807) is 29.2 Å². The second-order valence-corrected chi connectivity index (χ2v) is 4.60. The number of pyridine rings is 1. The Morgan fingerprint density at radius 3 is 2.82 bits per heavy atom. The summed E-state index contributed by atoms with van der Waals surface area (Å²) in [7, 11) is 1.84. The first kappa shape index (κ1) is 12.0. The predicted molar refractivity (Wildman–Crippen MR) is 67.9 cm³/mol. The van der Waals surface area contributed by atoms with Gasteiger partial charge in [0.1, 0.15) is 0 Å². The van der Waals surface area contributed by atoms with Crippen LogP contribution in [0.1, 0.15) is 21.7 Å². The van der Waals surface area contributed by atoms with Gasteiger partial charge in [-0.3, -0.25) is 14.5 Å². The minimum Gasteiger partial charge on any atom is -0.294 e. The Bertz CT molecular complexity index is 548. The van der Waals surface area contributed by atoms with Crippen LogP contribution in [0.3, 0.4) is 0 Å². The molecule has 17 heavy (non-hydrogen) atoms. The zero-order valence-electron chi connectivity index (χ0n) is 9.64. The molecule has 0 spiro atoms. The second kappa shape index (κ2) is 4.79. The lowest BCUT2D eigenvalue weighted by Crippen LogP contribution is -2.08. The third kappa shape index (κ3) is 2.44. The van der Waals surface area contributed by atoms with E-state index in [0.717, 1.165) is 15.9 Å². The summed E-state index contributed by atoms with van der Waals surface area (Å²) in [6.45, 7) is 1.90. The summed E-state index contributed by atoms with van der Waals surface area (Å²) in [6.07, 6.45) is 3.56. The van der Waals surface area contributed by atoms with Crippen LogP contribution in [0, 0.1) is 6.92 Å². The number of halogens is 1. The molecule has 0 N–H and O–H groups in total. The number of nitrogens with zero attached hydrogens (tertiary/aromatic N) is 3. The van der Waals surface area contributed by atoms with E-state index in [2.05, 4.69) is 26.0 Å². The summed E-state index contributed by atoms with van der Waals surface area (Å²) >= 11 is 3.45. The van der Waals surface area contributed by atoms with E-state index in [-0.39, 0.29) is 5.78 Å². The molecule has 2 aromatic rings. The van der Waals surface area contributed by atoms with Crippen molar-refractivity contribution < 1.29 is 4.79 Å². The number of carbonyl (C=O) groups is 1. The molecule has 0 aliphatic rings. The highest BCUT2D eigenvalue weighted by Gasteiger charge is 2.15. The molecule has 5 heteroatoms. The minimum absolute atomic E-state index is 0.0433. The van der Waals surface area contributed by atoms with E-state index in [4.69, 9.17) is 0 Å². The Hall–Kier alpha value is -1.49. The number of carbonyl (C=O) groups excluding carboxylic acids is 1. The molecule has 0 aromatic carbocycles. The van der Waals surface area contributed by atoms with Crippen LogP contribution in [0.4, 0.5) is 0 Å². The minimum atomic E-state index is 0.0433. The SMILES string of the molecule is Cc1nn(C)c(CC(=O)c2cccnc2)c1Br. The summed E-state index contributed by atoms with van der Waals surface area (Å²) in [5.74, 6) is 0.0433. The van der Waals surface area contributed by atoms with Gasteiger partial charge >= 0.3 is 0 Å². The second-order valence-electron chi connectivity index (χ2n) is 3.81. The number of ketones is 1. The maximum absolute atomic E-state index is 12.0. The predicted octanol–water partition coefficient (Wildman–Crippen LogP) is 2.31. The summed E-state index contributed by atoms with van der Waals surface area (Å²) in [5.41, 5.74) is 2.40. The molecule has 0 atom stereocenters. The van der Waals surface area contributed by atoms with Crippen LogP contribution in [0.2, 0.25) is 0 Å². The average molecular weight is 294 g/mol. The molecule has 0 unspecified atom stereocenters. The van der Waals surface area contributed by atoms with Crippen molar-refractivity contribution in [2.45, 2.75) is 13.3 Å². The molecule has 0 saturated heterocycles. The normalized spacial score (nSPS) is 10.5. The van der Waals surface area contributed by atoms with Crippen LogP contribution in [0.5, 0.6) is 0 Å². The smallest absolute Gasteiger partial charge is 0.170 e. The molecule has 88 valence electrons. The quantitative estimate of drug-likeness (QED) is 0.816. The first-order chi connectivity index (χ1) is 8.09. The van der Waals surface area contributed by atoms with Crippen molar-refractivity contribution >= 4 is 21.7 Å². The molecule has 0 aliphatic heterocycles. The van der Waals surface area contributed by atoms with Crippen LogP contribution in [0.25, 0.3) is 0 Å². The van der Waals surface area contributed by atoms with Crippen molar-refractivity contribution in [1.29, 1.82) is 0 Å². The maximum Gasteiger partial charge on any atom is 0.170 e. The van der Waals surface area contributed by atoms with Gasteiger partial charge in [-0.15, -0.1) is 0 Å². The van der Waals surface area contributed by atoms with E-state index in [0.29, 0.717) is 12.0 Å². The maximum atomic E-state index is 12.0. The van der Waals surface area contributed by atoms with Gasteiger partial charge in [-0.25, -0.2) is 0 Å². The lowest BCUT2D eigenvalue weighted by molar-refractivity contribution is 0.0990. The first-order valence-electron chi connectivity index (χ1n) is 5.21. The largest absolute Gasteiger partial charge is 0.294 e. The number of hydrogen-bond acceptors (Lipinski definition) is 3. The van der Waals surface area contributed by atoms with Crippen molar-refractivity contribution in [3.8, 4) is 0 Å². The lowest BCUT2D eigenvalue weighted by atomic mass is 10.1. The average Bonchev–Trinajstić information content (AvgIpc) is 2.57. The first-order valence-corrected chi connectivity index (χ1v) is 6.00. The Morgan fingerprint density at radius 2 is 2.29 bits per heavy atom. The van der Waals surface area contributed by atoms with Crippen LogP contribution in [-0.4, -0.2) is 20.5 Å². The Balaban J connectivity index is 2.25. The van der Waals surface area contributed by atoms with E-state index < -0.39 is 0 Å². The lowest BCUT2D eigenvalue weighted by Gasteiger charge is -2.02. The molecule has 0 amide bonds. The van der Waals surface area contributed by atoms with Crippen molar-refractivity contribution in [2.24, 2.45) is 7.05 Å². The molecule has 0 bridgehead atoms. The molecule has 0 saturated carbocycles. The van der Waals surface area contributed by atoms with Gasteiger partial charge in [-0.2, -0.15) is 5.10 Å². The summed E-state index contributed by atoms with van der Waals surface area (Å²) in [6, 6.07) is 3.53. The van der Waals surface area contributed by atoms with Gasteiger partial charge in [0.05, 0.1) is 22.3 Å². The number of aromatic nitrogens is 3. The Kier molecular flexibility index (Phi) is 3.38. The zero-order chi connectivity index (χ0) is 12.4. The summed E-state index contributed by atoms with van der Waals surface area (Å²) in [4.78, 5) is 16.0. The summed E-state index contributed by atoms with van der Waals surface area (Å²) < 4.78 is 2.63. The molecule has 2 aromatic heterocycles. The van der Waals surface area contributed by atoms with E-state index in [1.807, 2.05) is 14.0 Å². The fourth-order valence-electron chi connectivity index (χ4n) is 1.65. The standard InChI is InChI=1S/C12H12BrN3O/c1-8-12(13)10(16(2)15-8)6-11(17)9-4-3-5-14-7-9/h3-5,7H,6H2,1-2H3. The highest BCUT2D eigenvalue weighted by atomic mass is 79.9. The molecule has 0 fully saturated rings. The van der Waals surface area contributed by atoms with E-state index in [9.17, 15) is 4.79 Å². The van der Waals surface area contributed by atoms with Crippen molar-refractivity contribution in [3.05, 3.63) is 46.0 Å². The van der Waals surface area contributed by atoms with E-state index >= 15 is 0 Å². The molecule has 0 aliphatic carbocycles. The van der Waals surface area contributed by atoms with E-state index in [1.165, 1.54) is 0 Å². The molecule has 4 nitrogen and oxygen atoms in total. The Labute approximate surface area is 108 Å². The molecular weight excluding hydrogens is 282 g/mol. The molecule has 0 radical (unpaired) electrons. The summed E-state index contributed by atoms with van der Waals surface area (Å²) in [5, 5.41) is 4.26. The number of Topliss-reactive ketones (excluding diaryl/α,β-unsaturated/α-hetero) is 1. The van der Waals surface area contributed by atoms with Gasteiger partial charge in [0.15, 0.2) is 5.78 Å². The molecule has 2 rings (SSSR count). The van der Waals surface area contributed by atoms with Gasteiger partial charge in [0.25, 0.3) is 0 Å². The van der Waals surface area contributed by atoms with Crippen molar-refractivity contribution in [2.75, 3.05) is 0 Å². The fraction of sp³-hybridized carbons (Fsp3) is 0.250. The van der Waals surface area contributed by atoms with Crippen LogP contribution in [-0.2, 0) is 13.5 Å². The monoisotopic (exact) mass is 293 g/mol. The number of aryl methyl sites for hydroxylation is 2. The highest BCUT2D eigenvalue weighted by Crippen LogP contribution is 2.21. The number of rotatable bonds is 3. The third-order valence-electron chi connectivity index (χ3n) is 2.57. The van der Waals surface area contributed by atoms with Gasteiger partial charge < -0.3 is 0 Å². The van der Waals surface area contributed by atoms with Gasteiger partial charge in [0.2, 0.25) is 0 Å². The van der Waals surface area contributed by atoms with Crippen molar-refractivity contribution in [3.63, 3.8) is 0 Å². The number of hydrogen-bond donors (Lipinski definition) is 0. The van der Waals surface area contributed by atoms with Gasteiger partial charge in [0, 0.05) is 25.0 Å². The topological polar surface area (TPSA) is 47.8 Å². The van der Waals surface area contributed by atoms with Gasteiger partial charge in [-0.05, 0) is 35.0 Å². The van der Waals surface area contributed by atoms with Gasteiger partial charge in [-0.1, -0.05) is 0 Å². The van der Waals surface area contributed by atoms with Crippen molar-refractivity contribution in [1.82, 2.24) is 14.8 Å². The highest BCUT2D eigenvalue weighted by molar-refractivity contribution is 9.10. The zero-order valence-corrected chi connectivity index (χ0v) is 11.2. The fourth-order valence-corrected chi connectivity index (χ4v) is 2.13. The molecule has 2 heterocycles.